The summed E-state index contributed by atoms with van der Waals surface area (Å²) in [6.45, 7) is 3.87. The fraction of sp³-hybridized carbons (Fsp3) is 1.00. The van der Waals surface area contributed by atoms with Crippen molar-refractivity contribution < 1.29 is 13.6 Å². The third-order valence-corrected chi connectivity index (χ3v) is 3.91. The molecule has 1 rings (SSSR count). The number of hydrogen-bond acceptors (Lipinski definition) is 3. The van der Waals surface area contributed by atoms with E-state index >= 15 is 0 Å². The third-order valence-electron chi connectivity index (χ3n) is 2.51. The Labute approximate surface area is 86.7 Å². The van der Waals surface area contributed by atoms with Gasteiger partial charge in [0.05, 0.1) is 12.7 Å². The Kier molecular flexibility index (Phi) is 5.14. The summed E-state index contributed by atoms with van der Waals surface area (Å²) in [5.41, 5.74) is 0. The topological polar surface area (TPSA) is 35.5 Å². The van der Waals surface area contributed by atoms with Crippen molar-refractivity contribution in [2.45, 2.75) is 51.6 Å². The van der Waals surface area contributed by atoms with Crippen LogP contribution in [0.4, 0.5) is 0 Å². The number of hydrogen-bond donors (Lipinski definition) is 0. The molecule has 1 atom stereocenters. The highest BCUT2D eigenvalue weighted by atomic mass is 31.2. The van der Waals surface area contributed by atoms with E-state index in [1.54, 1.807) is 6.66 Å². The molecule has 1 aliphatic carbocycles. The lowest BCUT2D eigenvalue weighted by molar-refractivity contribution is 0.141. The maximum Gasteiger partial charge on any atom is 0.327 e. The van der Waals surface area contributed by atoms with E-state index in [4.69, 9.17) is 9.05 Å². The minimum absolute atomic E-state index is 0.153. The van der Waals surface area contributed by atoms with Crippen molar-refractivity contribution in [3.8, 4) is 0 Å². The molecular formula is C10H21O3P. The lowest BCUT2D eigenvalue weighted by atomic mass is 10.2. The van der Waals surface area contributed by atoms with E-state index in [0.717, 1.165) is 12.8 Å². The minimum atomic E-state index is -2.78. The largest absolute Gasteiger partial charge is 0.327 e. The normalized spacial score (nSPS) is 24.1. The summed E-state index contributed by atoms with van der Waals surface area (Å²) in [4.78, 5) is 0. The second-order valence-electron chi connectivity index (χ2n) is 3.91. The molecule has 0 amide bonds. The van der Waals surface area contributed by atoms with Gasteiger partial charge in [-0.2, -0.15) is 0 Å². The van der Waals surface area contributed by atoms with Crippen molar-refractivity contribution in [1.29, 1.82) is 0 Å². The first-order valence-electron chi connectivity index (χ1n) is 5.54. The predicted octanol–water partition coefficient (Wildman–Crippen LogP) is 3.59. The molecule has 1 saturated carbocycles. The molecule has 4 heteroatoms. The molecule has 0 N–H and O–H groups in total. The predicted molar refractivity (Wildman–Crippen MR) is 57.7 cm³/mol. The SMILES string of the molecule is CCOP(C)(=O)OC1CCCCCC1. The van der Waals surface area contributed by atoms with Crippen molar-refractivity contribution in [3.05, 3.63) is 0 Å². The van der Waals surface area contributed by atoms with E-state index in [9.17, 15) is 4.57 Å². The zero-order valence-electron chi connectivity index (χ0n) is 9.20. The van der Waals surface area contributed by atoms with E-state index in [2.05, 4.69) is 0 Å². The Hall–Kier alpha value is 0.150. The average molecular weight is 220 g/mol. The van der Waals surface area contributed by atoms with Crippen molar-refractivity contribution in [2.75, 3.05) is 13.3 Å². The zero-order valence-corrected chi connectivity index (χ0v) is 10.1. The van der Waals surface area contributed by atoms with Gasteiger partial charge in [0.1, 0.15) is 0 Å². The van der Waals surface area contributed by atoms with Crippen LogP contribution in [0.2, 0.25) is 0 Å². The fourth-order valence-corrected chi connectivity index (χ4v) is 3.17. The van der Waals surface area contributed by atoms with E-state index in [0.29, 0.717) is 6.61 Å². The van der Waals surface area contributed by atoms with Crippen molar-refractivity contribution in [2.24, 2.45) is 0 Å². The van der Waals surface area contributed by atoms with Gasteiger partial charge in [0.25, 0.3) is 0 Å². The zero-order chi connectivity index (χ0) is 10.4. The van der Waals surface area contributed by atoms with Crippen molar-refractivity contribution in [1.82, 2.24) is 0 Å². The molecule has 0 heterocycles. The molecule has 14 heavy (non-hydrogen) atoms. The summed E-state index contributed by atoms with van der Waals surface area (Å²) in [7, 11) is -2.78. The van der Waals surface area contributed by atoms with Gasteiger partial charge in [-0.25, -0.2) is 0 Å². The maximum absolute atomic E-state index is 11.7. The van der Waals surface area contributed by atoms with Gasteiger partial charge >= 0.3 is 7.60 Å². The molecule has 0 saturated heterocycles. The van der Waals surface area contributed by atoms with Crippen LogP contribution < -0.4 is 0 Å². The van der Waals surface area contributed by atoms with Crippen LogP contribution in [0.3, 0.4) is 0 Å². The molecule has 0 aliphatic heterocycles. The average Bonchev–Trinajstić information content (AvgIpc) is 2.31. The van der Waals surface area contributed by atoms with Crippen molar-refractivity contribution in [3.63, 3.8) is 0 Å². The van der Waals surface area contributed by atoms with E-state index in [-0.39, 0.29) is 6.10 Å². The second-order valence-corrected chi connectivity index (χ2v) is 5.92. The van der Waals surface area contributed by atoms with Crippen LogP contribution in [0, 0.1) is 0 Å². The molecule has 1 aliphatic rings. The highest BCUT2D eigenvalue weighted by Crippen LogP contribution is 2.46. The molecule has 1 unspecified atom stereocenters. The summed E-state index contributed by atoms with van der Waals surface area (Å²) in [6, 6.07) is 0. The van der Waals surface area contributed by atoms with E-state index < -0.39 is 7.60 Å². The molecule has 0 bridgehead atoms. The van der Waals surface area contributed by atoms with Crippen LogP contribution >= 0.6 is 7.60 Å². The second kappa shape index (κ2) is 5.89. The summed E-state index contributed by atoms with van der Waals surface area (Å²) in [5.74, 6) is 0. The molecular weight excluding hydrogens is 199 g/mol. The Bertz CT molecular complexity index is 198. The lowest BCUT2D eigenvalue weighted by Crippen LogP contribution is -2.10. The highest BCUT2D eigenvalue weighted by Gasteiger charge is 2.23. The van der Waals surface area contributed by atoms with Crippen LogP contribution in [0.25, 0.3) is 0 Å². The summed E-state index contributed by atoms with van der Waals surface area (Å²) in [6.07, 6.45) is 7.16. The van der Waals surface area contributed by atoms with Gasteiger partial charge in [-0.15, -0.1) is 0 Å². The third kappa shape index (κ3) is 4.59. The van der Waals surface area contributed by atoms with E-state index in [1.165, 1.54) is 25.7 Å². The molecule has 0 radical (unpaired) electrons. The summed E-state index contributed by atoms with van der Waals surface area (Å²) < 4.78 is 22.4. The summed E-state index contributed by atoms with van der Waals surface area (Å²) >= 11 is 0. The fourth-order valence-electron chi connectivity index (χ4n) is 1.88. The van der Waals surface area contributed by atoms with Gasteiger partial charge in [-0.1, -0.05) is 25.7 Å². The molecule has 84 valence electrons. The quantitative estimate of drug-likeness (QED) is 0.536. The van der Waals surface area contributed by atoms with Gasteiger partial charge < -0.3 is 9.05 Å². The lowest BCUT2D eigenvalue weighted by Gasteiger charge is -2.20. The van der Waals surface area contributed by atoms with Gasteiger partial charge in [0.2, 0.25) is 0 Å². The van der Waals surface area contributed by atoms with Crippen molar-refractivity contribution >= 4 is 7.60 Å². The maximum atomic E-state index is 11.7. The van der Waals surface area contributed by atoms with Gasteiger partial charge in [0, 0.05) is 6.66 Å². The van der Waals surface area contributed by atoms with Gasteiger partial charge in [-0.05, 0) is 19.8 Å². The van der Waals surface area contributed by atoms with Crippen LogP contribution in [0.5, 0.6) is 0 Å². The smallest absolute Gasteiger partial charge is 0.309 e. The molecule has 0 spiro atoms. The number of rotatable bonds is 4. The first kappa shape index (κ1) is 12.2. The molecule has 1 fully saturated rings. The molecule has 0 aromatic heterocycles. The Morgan fingerprint density at radius 3 is 2.29 bits per heavy atom. The molecule has 0 aromatic rings. The minimum Gasteiger partial charge on any atom is -0.309 e. The first-order valence-corrected chi connectivity index (χ1v) is 7.53. The van der Waals surface area contributed by atoms with Gasteiger partial charge in [0.15, 0.2) is 0 Å². The molecule has 0 aromatic carbocycles. The van der Waals surface area contributed by atoms with Gasteiger partial charge in [-0.3, -0.25) is 4.57 Å². The standard InChI is InChI=1S/C10H21O3P/c1-3-12-14(2,11)13-10-8-6-4-5-7-9-10/h10H,3-9H2,1-2H3. The van der Waals surface area contributed by atoms with Crippen LogP contribution in [-0.4, -0.2) is 19.4 Å². The Balaban J connectivity index is 2.37. The monoisotopic (exact) mass is 220 g/mol. The van der Waals surface area contributed by atoms with E-state index in [1.807, 2.05) is 6.92 Å². The van der Waals surface area contributed by atoms with Crippen LogP contribution in [0.1, 0.15) is 45.4 Å². The molecule has 3 nitrogen and oxygen atoms in total. The highest BCUT2D eigenvalue weighted by molar-refractivity contribution is 7.53. The Morgan fingerprint density at radius 2 is 1.79 bits per heavy atom. The van der Waals surface area contributed by atoms with Crippen LogP contribution in [0.15, 0.2) is 0 Å². The first-order chi connectivity index (χ1) is 6.64. The Morgan fingerprint density at radius 1 is 1.21 bits per heavy atom. The van der Waals surface area contributed by atoms with Crippen LogP contribution in [-0.2, 0) is 13.6 Å². The summed E-state index contributed by atoms with van der Waals surface area (Å²) in [5, 5.41) is 0.